The van der Waals surface area contributed by atoms with Crippen molar-refractivity contribution in [3.05, 3.63) is 35.5 Å². The predicted molar refractivity (Wildman–Crippen MR) is 64.0 cm³/mol. The van der Waals surface area contributed by atoms with E-state index < -0.39 is 0 Å². The molecule has 0 unspecified atom stereocenters. The summed E-state index contributed by atoms with van der Waals surface area (Å²) in [5.74, 6) is 1.41. The monoisotopic (exact) mass is 217 g/mol. The van der Waals surface area contributed by atoms with Crippen LogP contribution in [-0.4, -0.2) is 16.9 Å². The fourth-order valence-electron chi connectivity index (χ4n) is 1.75. The van der Waals surface area contributed by atoms with Crippen molar-refractivity contribution in [2.75, 3.05) is 12.8 Å². The molecule has 4 nitrogen and oxygen atoms in total. The van der Waals surface area contributed by atoms with E-state index >= 15 is 0 Å². The van der Waals surface area contributed by atoms with Gasteiger partial charge in [0.25, 0.3) is 0 Å². The molecule has 2 rings (SSSR count). The van der Waals surface area contributed by atoms with Gasteiger partial charge in [-0.2, -0.15) is 5.10 Å². The summed E-state index contributed by atoms with van der Waals surface area (Å²) in [7, 11) is 1.67. The maximum Gasteiger partial charge on any atom is 0.146 e. The minimum absolute atomic E-state index is 0.533. The first-order valence-electron chi connectivity index (χ1n) is 5.09. The lowest BCUT2D eigenvalue weighted by molar-refractivity contribution is 0.411. The fraction of sp³-hybridized carbons (Fsp3) is 0.250. The first kappa shape index (κ1) is 10.5. The maximum atomic E-state index is 5.65. The zero-order valence-electron chi connectivity index (χ0n) is 9.69. The number of aromatic nitrogens is 2. The van der Waals surface area contributed by atoms with Gasteiger partial charge in [0.1, 0.15) is 11.6 Å². The first-order valence-corrected chi connectivity index (χ1v) is 5.09. The highest BCUT2D eigenvalue weighted by molar-refractivity contribution is 5.45. The third kappa shape index (κ3) is 1.74. The molecule has 2 N–H and O–H groups in total. The Morgan fingerprint density at radius 2 is 2.00 bits per heavy atom. The van der Waals surface area contributed by atoms with Gasteiger partial charge in [-0.25, -0.2) is 4.68 Å². The van der Waals surface area contributed by atoms with Crippen molar-refractivity contribution in [1.29, 1.82) is 0 Å². The van der Waals surface area contributed by atoms with Crippen LogP contribution in [0, 0.1) is 13.8 Å². The summed E-state index contributed by atoms with van der Waals surface area (Å²) in [6.45, 7) is 3.98. The van der Waals surface area contributed by atoms with Crippen LogP contribution in [-0.2, 0) is 0 Å². The van der Waals surface area contributed by atoms with Crippen molar-refractivity contribution >= 4 is 5.82 Å². The van der Waals surface area contributed by atoms with E-state index in [2.05, 4.69) is 5.10 Å². The number of aryl methyl sites for hydroxylation is 2. The number of rotatable bonds is 2. The summed E-state index contributed by atoms with van der Waals surface area (Å²) in [6.07, 6.45) is 0. The molecule has 0 radical (unpaired) electrons. The number of nitrogen functional groups attached to an aromatic ring is 1. The van der Waals surface area contributed by atoms with Gasteiger partial charge in [0, 0.05) is 11.8 Å². The lowest BCUT2D eigenvalue weighted by atomic mass is 10.2. The Balaban J connectivity index is 2.49. The number of ether oxygens (including phenoxy) is 1. The van der Waals surface area contributed by atoms with Crippen molar-refractivity contribution in [2.24, 2.45) is 0 Å². The molecule has 1 heterocycles. The Labute approximate surface area is 94.6 Å². The van der Waals surface area contributed by atoms with Crippen LogP contribution in [0.4, 0.5) is 5.82 Å². The van der Waals surface area contributed by atoms with Gasteiger partial charge in [-0.05, 0) is 37.6 Å². The second-order valence-electron chi connectivity index (χ2n) is 3.78. The second kappa shape index (κ2) is 3.89. The van der Waals surface area contributed by atoms with E-state index in [0.29, 0.717) is 5.82 Å². The standard InChI is InChI=1S/C12H15N3O/c1-8-6-10(4-5-11(8)16-3)15-9(2)7-12(13)14-15/h4-7H,1-3H3,(H2,13,14). The lowest BCUT2D eigenvalue weighted by Crippen LogP contribution is -2.00. The third-order valence-corrected chi connectivity index (χ3v) is 2.53. The Bertz CT molecular complexity index is 517. The summed E-state index contributed by atoms with van der Waals surface area (Å²) >= 11 is 0. The van der Waals surface area contributed by atoms with Gasteiger partial charge >= 0.3 is 0 Å². The number of nitrogens with two attached hydrogens (primary N) is 1. The predicted octanol–water partition coefficient (Wildman–Crippen LogP) is 2.08. The van der Waals surface area contributed by atoms with E-state index in [1.54, 1.807) is 7.11 Å². The SMILES string of the molecule is COc1ccc(-n2nc(N)cc2C)cc1C. The molecule has 0 bridgehead atoms. The molecule has 1 aromatic carbocycles. The van der Waals surface area contributed by atoms with E-state index in [1.165, 1.54) is 0 Å². The van der Waals surface area contributed by atoms with Gasteiger partial charge in [0.2, 0.25) is 0 Å². The van der Waals surface area contributed by atoms with Crippen LogP contribution < -0.4 is 10.5 Å². The van der Waals surface area contributed by atoms with E-state index in [1.807, 2.05) is 42.8 Å². The molecule has 1 aromatic heterocycles. The number of anilines is 1. The van der Waals surface area contributed by atoms with Crippen LogP contribution in [0.25, 0.3) is 5.69 Å². The molecular formula is C12H15N3O. The topological polar surface area (TPSA) is 53.1 Å². The van der Waals surface area contributed by atoms with Crippen LogP contribution in [0.3, 0.4) is 0 Å². The van der Waals surface area contributed by atoms with Crippen molar-refractivity contribution in [3.63, 3.8) is 0 Å². The molecular weight excluding hydrogens is 202 g/mol. The largest absolute Gasteiger partial charge is 0.496 e. The molecule has 0 spiro atoms. The van der Waals surface area contributed by atoms with Gasteiger partial charge in [0.15, 0.2) is 0 Å². The minimum Gasteiger partial charge on any atom is -0.496 e. The maximum absolute atomic E-state index is 5.65. The van der Waals surface area contributed by atoms with Crippen LogP contribution in [0.15, 0.2) is 24.3 Å². The van der Waals surface area contributed by atoms with E-state index in [4.69, 9.17) is 10.5 Å². The lowest BCUT2D eigenvalue weighted by Gasteiger charge is -2.08. The number of nitrogens with zero attached hydrogens (tertiary/aromatic N) is 2. The van der Waals surface area contributed by atoms with Crippen molar-refractivity contribution in [2.45, 2.75) is 13.8 Å². The summed E-state index contributed by atoms with van der Waals surface area (Å²) in [5.41, 5.74) is 8.74. The number of hydrogen-bond acceptors (Lipinski definition) is 3. The van der Waals surface area contributed by atoms with Gasteiger partial charge in [0.05, 0.1) is 12.8 Å². The molecule has 0 amide bonds. The minimum atomic E-state index is 0.533. The first-order chi connectivity index (χ1) is 7.61. The smallest absolute Gasteiger partial charge is 0.146 e. The molecule has 84 valence electrons. The van der Waals surface area contributed by atoms with Crippen molar-refractivity contribution in [1.82, 2.24) is 9.78 Å². The molecule has 0 aliphatic heterocycles. The molecule has 4 heteroatoms. The quantitative estimate of drug-likeness (QED) is 0.837. The molecule has 2 aromatic rings. The summed E-state index contributed by atoms with van der Waals surface area (Å²) < 4.78 is 7.04. The molecule has 16 heavy (non-hydrogen) atoms. The summed E-state index contributed by atoms with van der Waals surface area (Å²) in [4.78, 5) is 0. The van der Waals surface area contributed by atoms with Crippen molar-refractivity contribution < 1.29 is 4.74 Å². The normalized spacial score (nSPS) is 10.4. The molecule has 0 atom stereocenters. The van der Waals surface area contributed by atoms with Gasteiger partial charge in [-0.15, -0.1) is 0 Å². The average Bonchev–Trinajstić information content (AvgIpc) is 2.58. The molecule has 0 aliphatic carbocycles. The van der Waals surface area contributed by atoms with E-state index in [0.717, 1.165) is 22.7 Å². The number of benzene rings is 1. The third-order valence-electron chi connectivity index (χ3n) is 2.53. The van der Waals surface area contributed by atoms with Crippen LogP contribution >= 0.6 is 0 Å². The molecule has 0 fully saturated rings. The zero-order valence-corrected chi connectivity index (χ0v) is 9.69. The van der Waals surface area contributed by atoms with Crippen molar-refractivity contribution in [3.8, 4) is 11.4 Å². The van der Waals surface area contributed by atoms with Crippen LogP contribution in [0.5, 0.6) is 5.75 Å². The second-order valence-corrected chi connectivity index (χ2v) is 3.78. The highest BCUT2D eigenvalue weighted by Crippen LogP contribution is 2.21. The van der Waals surface area contributed by atoms with Crippen LogP contribution in [0.2, 0.25) is 0 Å². The Kier molecular flexibility index (Phi) is 2.56. The highest BCUT2D eigenvalue weighted by atomic mass is 16.5. The summed E-state index contributed by atoms with van der Waals surface area (Å²) in [5, 5.41) is 4.23. The Hall–Kier alpha value is -1.97. The van der Waals surface area contributed by atoms with Gasteiger partial charge in [-0.3, -0.25) is 0 Å². The molecule has 0 aliphatic rings. The van der Waals surface area contributed by atoms with E-state index in [9.17, 15) is 0 Å². The Morgan fingerprint density at radius 1 is 1.25 bits per heavy atom. The number of methoxy groups -OCH3 is 1. The Morgan fingerprint density at radius 3 is 2.50 bits per heavy atom. The molecule has 0 saturated heterocycles. The van der Waals surface area contributed by atoms with Gasteiger partial charge < -0.3 is 10.5 Å². The van der Waals surface area contributed by atoms with E-state index in [-0.39, 0.29) is 0 Å². The fourth-order valence-corrected chi connectivity index (χ4v) is 1.75. The average molecular weight is 217 g/mol. The van der Waals surface area contributed by atoms with Crippen LogP contribution in [0.1, 0.15) is 11.3 Å². The number of hydrogen-bond donors (Lipinski definition) is 1. The summed E-state index contributed by atoms with van der Waals surface area (Å²) in [6, 6.07) is 7.77. The highest BCUT2D eigenvalue weighted by Gasteiger charge is 2.06. The van der Waals surface area contributed by atoms with Gasteiger partial charge in [-0.1, -0.05) is 0 Å². The zero-order chi connectivity index (χ0) is 11.7. The molecule has 0 saturated carbocycles.